The fourth-order valence-corrected chi connectivity index (χ4v) is 1.54. The summed E-state index contributed by atoms with van der Waals surface area (Å²) in [6.45, 7) is 1.80. The molecular weight excluding hydrogens is 167 g/mol. The van der Waals surface area contributed by atoms with Crippen LogP contribution in [0.25, 0.3) is 6.08 Å². The van der Waals surface area contributed by atoms with Crippen LogP contribution in [0.3, 0.4) is 0 Å². The summed E-state index contributed by atoms with van der Waals surface area (Å²) in [4.78, 5) is 11.3. The van der Waals surface area contributed by atoms with Crippen molar-refractivity contribution in [2.45, 2.75) is 12.8 Å². The number of hydrogen-bond donors (Lipinski definition) is 0. The molecule has 66 valence electrons. The highest BCUT2D eigenvalue weighted by Gasteiger charge is 2.19. The first-order chi connectivity index (χ1) is 6.18. The molecule has 2 rings (SSSR count). The lowest BCUT2D eigenvalue weighted by Crippen LogP contribution is -2.11. The van der Waals surface area contributed by atoms with Gasteiger partial charge in [-0.1, -0.05) is 19.1 Å². The van der Waals surface area contributed by atoms with Gasteiger partial charge in [-0.2, -0.15) is 0 Å². The topological polar surface area (TPSA) is 17.1 Å². The molecule has 0 radical (unpaired) electrons. The minimum absolute atomic E-state index is 0.0399. The van der Waals surface area contributed by atoms with Gasteiger partial charge in [-0.15, -0.1) is 0 Å². The van der Waals surface area contributed by atoms with Crippen LogP contribution in [0, 0.1) is 5.82 Å². The van der Waals surface area contributed by atoms with E-state index >= 15 is 0 Å². The fraction of sp³-hybridized carbons (Fsp3) is 0.182. The van der Waals surface area contributed by atoms with Crippen LogP contribution in [-0.2, 0) is 4.79 Å². The fourth-order valence-electron chi connectivity index (χ4n) is 1.54. The van der Waals surface area contributed by atoms with E-state index < -0.39 is 0 Å². The largest absolute Gasteiger partial charge is 0.294 e. The van der Waals surface area contributed by atoms with Gasteiger partial charge in [0.2, 0.25) is 0 Å². The van der Waals surface area contributed by atoms with Gasteiger partial charge in [-0.3, -0.25) is 4.79 Å². The second kappa shape index (κ2) is 2.80. The summed E-state index contributed by atoms with van der Waals surface area (Å²) in [5, 5.41) is 0. The zero-order chi connectivity index (χ0) is 9.42. The minimum atomic E-state index is -0.284. The molecule has 1 nitrogen and oxygen atoms in total. The molecular formula is C11H9FO. The summed E-state index contributed by atoms with van der Waals surface area (Å²) in [6, 6.07) is 4.54. The predicted octanol–water partition coefficient (Wildman–Crippen LogP) is 2.53. The first-order valence-electron chi connectivity index (χ1n) is 4.20. The van der Waals surface area contributed by atoms with Crippen molar-refractivity contribution in [1.82, 2.24) is 0 Å². The second-order valence-electron chi connectivity index (χ2n) is 3.23. The Morgan fingerprint density at radius 2 is 2.08 bits per heavy atom. The third kappa shape index (κ3) is 1.28. The lowest BCUT2D eigenvalue weighted by Gasteiger charge is -2.16. The molecule has 2 heteroatoms. The van der Waals surface area contributed by atoms with Gasteiger partial charge in [0.25, 0.3) is 0 Å². The number of carbonyl (C=O) groups is 1. The first-order valence-corrected chi connectivity index (χ1v) is 4.20. The summed E-state index contributed by atoms with van der Waals surface area (Å²) in [7, 11) is 0. The summed E-state index contributed by atoms with van der Waals surface area (Å²) in [6.07, 6.45) is 3.28. The van der Waals surface area contributed by atoms with Crippen LogP contribution in [0.2, 0.25) is 0 Å². The lowest BCUT2D eigenvalue weighted by molar-refractivity contribution is -0.115. The number of hydrogen-bond acceptors (Lipinski definition) is 1. The Hall–Kier alpha value is -1.44. The minimum Gasteiger partial charge on any atom is -0.294 e. The van der Waals surface area contributed by atoms with Crippen molar-refractivity contribution in [3.8, 4) is 0 Å². The summed E-state index contributed by atoms with van der Waals surface area (Å²) >= 11 is 0. The van der Waals surface area contributed by atoms with Crippen LogP contribution in [-0.4, -0.2) is 5.78 Å². The molecule has 1 aromatic carbocycles. The highest BCUT2D eigenvalue weighted by atomic mass is 19.1. The molecule has 0 fully saturated rings. The van der Waals surface area contributed by atoms with E-state index in [0.717, 1.165) is 11.1 Å². The Balaban J connectivity index is 2.60. The van der Waals surface area contributed by atoms with Crippen molar-refractivity contribution in [3.05, 3.63) is 41.2 Å². The van der Waals surface area contributed by atoms with Crippen LogP contribution in [0.4, 0.5) is 4.39 Å². The monoisotopic (exact) mass is 176 g/mol. The van der Waals surface area contributed by atoms with Gasteiger partial charge < -0.3 is 0 Å². The van der Waals surface area contributed by atoms with Crippen molar-refractivity contribution in [1.29, 1.82) is 0 Å². The van der Waals surface area contributed by atoms with Crippen LogP contribution >= 0.6 is 0 Å². The molecule has 1 aliphatic rings. The molecule has 0 N–H and O–H groups in total. The maximum atomic E-state index is 12.9. The molecule has 0 amide bonds. The maximum Gasteiger partial charge on any atom is 0.162 e. The van der Waals surface area contributed by atoms with Gasteiger partial charge in [-0.25, -0.2) is 4.39 Å². The number of allylic oxidation sites excluding steroid dienone is 1. The molecule has 0 aliphatic heterocycles. The molecule has 1 unspecified atom stereocenters. The molecule has 0 bridgehead atoms. The molecule has 0 saturated carbocycles. The van der Waals surface area contributed by atoms with Gasteiger partial charge in [0.15, 0.2) is 5.78 Å². The Kier molecular flexibility index (Phi) is 1.76. The number of halogens is 1. The van der Waals surface area contributed by atoms with E-state index in [0.29, 0.717) is 0 Å². The van der Waals surface area contributed by atoms with Crippen LogP contribution in [0.5, 0.6) is 0 Å². The van der Waals surface area contributed by atoms with Gasteiger partial charge in [-0.05, 0) is 29.3 Å². The zero-order valence-corrected chi connectivity index (χ0v) is 7.25. The Morgan fingerprint density at radius 1 is 1.31 bits per heavy atom. The summed E-state index contributed by atoms with van der Waals surface area (Å²) in [5.74, 6) is -0.456. The van der Waals surface area contributed by atoms with E-state index in [1.165, 1.54) is 12.1 Å². The van der Waals surface area contributed by atoms with Crippen molar-refractivity contribution >= 4 is 11.9 Å². The average Bonchev–Trinajstić information content (AvgIpc) is 2.12. The molecule has 13 heavy (non-hydrogen) atoms. The molecule has 0 spiro atoms. The van der Waals surface area contributed by atoms with Crippen molar-refractivity contribution in [3.63, 3.8) is 0 Å². The third-order valence-electron chi connectivity index (χ3n) is 2.37. The first kappa shape index (κ1) is 8.17. The lowest BCUT2D eigenvalue weighted by atomic mass is 9.88. The molecule has 1 aromatic rings. The Bertz CT molecular complexity index is 393. The van der Waals surface area contributed by atoms with E-state index in [1.54, 1.807) is 25.1 Å². The standard InChI is InChI=1S/C11H9FO/c1-7-10-6-9(12)4-2-8(10)3-5-11(7)13/h2-7H,1H3. The number of ketones is 1. The van der Waals surface area contributed by atoms with E-state index in [9.17, 15) is 9.18 Å². The van der Waals surface area contributed by atoms with E-state index in [1.807, 2.05) is 0 Å². The summed E-state index contributed by atoms with van der Waals surface area (Å²) < 4.78 is 12.9. The SMILES string of the molecule is CC1C(=O)C=Cc2ccc(F)cc21. The van der Waals surface area contributed by atoms with Gasteiger partial charge >= 0.3 is 0 Å². The molecule has 0 saturated heterocycles. The highest BCUT2D eigenvalue weighted by molar-refractivity contribution is 6.01. The van der Waals surface area contributed by atoms with Crippen LogP contribution in [0.1, 0.15) is 24.0 Å². The van der Waals surface area contributed by atoms with E-state index in [2.05, 4.69) is 0 Å². The summed E-state index contributed by atoms with van der Waals surface area (Å²) in [5.41, 5.74) is 1.72. The molecule has 0 aromatic heterocycles. The molecule has 1 aliphatic carbocycles. The van der Waals surface area contributed by atoms with Crippen molar-refractivity contribution in [2.24, 2.45) is 0 Å². The number of fused-ring (bicyclic) bond motifs is 1. The van der Waals surface area contributed by atoms with Gasteiger partial charge in [0, 0.05) is 5.92 Å². The second-order valence-corrected chi connectivity index (χ2v) is 3.23. The quantitative estimate of drug-likeness (QED) is 0.593. The number of benzene rings is 1. The molecule has 1 atom stereocenters. The normalized spacial score (nSPS) is 20.2. The third-order valence-corrected chi connectivity index (χ3v) is 2.37. The predicted molar refractivity (Wildman–Crippen MR) is 48.9 cm³/mol. The number of rotatable bonds is 0. The molecule has 0 heterocycles. The average molecular weight is 176 g/mol. The van der Waals surface area contributed by atoms with E-state index in [4.69, 9.17) is 0 Å². The Morgan fingerprint density at radius 3 is 2.85 bits per heavy atom. The number of carbonyl (C=O) groups excluding carboxylic acids is 1. The van der Waals surface area contributed by atoms with E-state index in [-0.39, 0.29) is 17.5 Å². The van der Waals surface area contributed by atoms with Crippen LogP contribution < -0.4 is 0 Å². The van der Waals surface area contributed by atoms with Gasteiger partial charge in [0.1, 0.15) is 5.82 Å². The Labute approximate surface area is 75.9 Å². The smallest absolute Gasteiger partial charge is 0.162 e. The van der Waals surface area contributed by atoms with Crippen molar-refractivity contribution < 1.29 is 9.18 Å². The zero-order valence-electron chi connectivity index (χ0n) is 7.25. The highest BCUT2D eigenvalue weighted by Crippen LogP contribution is 2.27. The maximum absolute atomic E-state index is 12.9. The van der Waals surface area contributed by atoms with Gasteiger partial charge in [0.05, 0.1) is 0 Å². The van der Waals surface area contributed by atoms with Crippen LogP contribution in [0.15, 0.2) is 24.3 Å². The van der Waals surface area contributed by atoms with Crippen molar-refractivity contribution in [2.75, 3.05) is 0 Å².